The zero-order valence-electron chi connectivity index (χ0n) is 11.8. The summed E-state index contributed by atoms with van der Waals surface area (Å²) < 4.78 is 7.26. The lowest BCUT2D eigenvalue weighted by molar-refractivity contribution is 0.620. The molecule has 0 aliphatic heterocycles. The van der Waals surface area contributed by atoms with Crippen LogP contribution in [0.25, 0.3) is 22.1 Å². The van der Waals surface area contributed by atoms with Crippen molar-refractivity contribution in [3.05, 3.63) is 71.0 Å². The molecule has 0 saturated carbocycles. The molecule has 0 unspecified atom stereocenters. The Labute approximate surface area is 125 Å². The van der Waals surface area contributed by atoms with Gasteiger partial charge < -0.3 is 4.42 Å². The number of nitrogens with zero attached hydrogens (tertiary/aromatic N) is 3. The van der Waals surface area contributed by atoms with E-state index >= 15 is 0 Å². The number of aryl methyl sites for hydroxylation is 2. The van der Waals surface area contributed by atoms with Crippen LogP contribution < -0.4 is 5.56 Å². The van der Waals surface area contributed by atoms with E-state index in [2.05, 4.69) is 9.97 Å². The Bertz CT molecular complexity index is 1000. The third-order valence-corrected chi connectivity index (χ3v) is 3.74. The van der Waals surface area contributed by atoms with Gasteiger partial charge in [-0.25, -0.2) is 4.98 Å². The first-order valence-electron chi connectivity index (χ1n) is 7.08. The third-order valence-electron chi connectivity index (χ3n) is 3.74. The van der Waals surface area contributed by atoms with Gasteiger partial charge in [-0.1, -0.05) is 12.1 Å². The maximum Gasteiger partial charge on any atom is 0.297 e. The molecule has 0 radical (unpaired) electrons. The van der Waals surface area contributed by atoms with E-state index in [1.165, 1.54) is 0 Å². The van der Waals surface area contributed by atoms with Crippen LogP contribution in [0.3, 0.4) is 0 Å². The molecule has 0 bridgehead atoms. The number of para-hydroxylation sites is 1. The number of hydrogen-bond donors (Lipinski definition) is 0. The summed E-state index contributed by atoms with van der Waals surface area (Å²) in [5.74, 6) is 0. The van der Waals surface area contributed by atoms with Crippen molar-refractivity contribution in [2.24, 2.45) is 0 Å². The Morgan fingerprint density at radius 3 is 2.77 bits per heavy atom. The van der Waals surface area contributed by atoms with Gasteiger partial charge in [0.05, 0.1) is 6.33 Å². The summed E-state index contributed by atoms with van der Waals surface area (Å²) in [5.41, 5.74) is 2.62. The maximum absolute atomic E-state index is 12.5. The monoisotopic (exact) mass is 291 g/mol. The molecule has 0 saturated heterocycles. The van der Waals surface area contributed by atoms with Gasteiger partial charge in [-0.2, -0.15) is 0 Å². The van der Waals surface area contributed by atoms with Gasteiger partial charge in [-0.05, 0) is 36.2 Å². The van der Waals surface area contributed by atoms with E-state index in [4.69, 9.17) is 4.42 Å². The molecule has 3 aromatic heterocycles. The summed E-state index contributed by atoms with van der Waals surface area (Å²) in [5, 5.41) is 0.871. The van der Waals surface area contributed by atoms with Gasteiger partial charge >= 0.3 is 0 Å². The summed E-state index contributed by atoms with van der Waals surface area (Å²) >= 11 is 0. The van der Waals surface area contributed by atoms with Crippen LogP contribution in [0, 0.1) is 0 Å². The van der Waals surface area contributed by atoms with Crippen molar-refractivity contribution in [3.8, 4) is 0 Å². The zero-order chi connectivity index (χ0) is 14.9. The molecule has 1 aromatic carbocycles. The van der Waals surface area contributed by atoms with Crippen molar-refractivity contribution >= 4 is 22.1 Å². The molecule has 0 aliphatic carbocycles. The molecule has 3 heterocycles. The van der Waals surface area contributed by atoms with E-state index in [0.717, 1.165) is 17.4 Å². The number of fused-ring (bicyclic) bond motifs is 3. The van der Waals surface area contributed by atoms with E-state index in [1.54, 1.807) is 23.3 Å². The van der Waals surface area contributed by atoms with Crippen LogP contribution in [0.2, 0.25) is 0 Å². The van der Waals surface area contributed by atoms with Crippen LogP contribution in [-0.4, -0.2) is 14.5 Å². The van der Waals surface area contributed by atoms with Gasteiger partial charge in [0.25, 0.3) is 5.56 Å². The standard InChI is InChI=1S/C17H13N3O2/c21-17-16-15(13-3-1-2-4-14(13)22-16)19-11-20(17)10-7-12-5-8-18-9-6-12/h1-6,8-9,11H,7,10H2. The van der Waals surface area contributed by atoms with Crippen LogP contribution in [0.4, 0.5) is 0 Å². The average molecular weight is 291 g/mol. The molecule has 108 valence electrons. The zero-order valence-corrected chi connectivity index (χ0v) is 11.8. The van der Waals surface area contributed by atoms with Gasteiger partial charge in [0.15, 0.2) is 0 Å². The molecule has 0 amide bonds. The third kappa shape index (κ3) is 2.07. The molecule has 4 rings (SSSR count). The Morgan fingerprint density at radius 1 is 1.09 bits per heavy atom. The minimum atomic E-state index is -0.143. The quantitative estimate of drug-likeness (QED) is 0.582. The summed E-state index contributed by atoms with van der Waals surface area (Å²) in [6.45, 7) is 0.558. The smallest absolute Gasteiger partial charge is 0.297 e. The van der Waals surface area contributed by atoms with Crippen LogP contribution in [-0.2, 0) is 13.0 Å². The fourth-order valence-electron chi connectivity index (χ4n) is 2.57. The highest BCUT2D eigenvalue weighted by molar-refractivity contribution is 6.01. The van der Waals surface area contributed by atoms with E-state index in [9.17, 15) is 4.79 Å². The van der Waals surface area contributed by atoms with Crippen LogP contribution in [0.5, 0.6) is 0 Å². The molecule has 0 aliphatic rings. The first kappa shape index (κ1) is 12.8. The summed E-state index contributed by atoms with van der Waals surface area (Å²) in [6, 6.07) is 11.4. The highest BCUT2D eigenvalue weighted by atomic mass is 16.3. The van der Waals surface area contributed by atoms with Gasteiger partial charge in [-0.15, -0.1) is 0 Å². The lowest BCUT2D eigenvalue weighted by Gasteiger charge is -2.04. The number of hydrogen-bond acceptors (Lipinski definition) is 4. The van der Waals surface area contributed by atoms with E-state index < -0.39 is 0 Å². The molecular weight excluding hydrogens is 278 g/mol. The largest absolute Gasteiger partial charge is 0.448 e. The van der Waals surface area contributed by atoms with Gasteiger partial charge in [0.2, 0.25) is 5.58 Å². The number of rotatable bonds is 3. The molecule has 22 heavy (non-hydrogen) atoms. The topological polar surface area (TPSA) is 60.9 Å². The average Bonchev–Trinajstić information content (AvgIpc) is 2.95. The second kappa shape index (κ2) is 5.11. The summed E-state index contributed by atoms with van der Waals surface area (Å²) in [4.78, 5) is 20.9. The number of benzene rings is 1. The van der Waals surface area contributed by atoms with Gasteiger partial charge in [-0.3, -0.25) is 14.3 Å². The van der Waals surface area contributed by atoms with Gasteiger partial charge in [0.1, 0.15) is 11.1 Å². The lowest BCUT2D eigenvalue weighted by Crippen LogP contribution is -2.21. The second-order valence-corrected chi connectivity index (χ2v) is 5.12. The fourth-order valence-corrected chi connectivity index (χ4v) is 2.57. The first-order chi connectivity index (χ1) is 10.8. The van der Waals surface area contributed by atoms with E-state index in [0.29, 0.717) is 23.2 Å². The lowest BCUT2D eigenvalue weighted by atomic mass is 10.2. The number of furan rings is 1. The predicted octanol–water partition coefficient (Wildman–Crippen LogP) is 2.78. The Kier molecular flexibility index (Phi) is 2.96. The molecule has 5 heteroatoms. The first-order valence-corrected chi connectivity index (χ1v) is 7.08. The molecule has 0 N–H and O–H groups in total. The van der Waals surface area contributed by atoms with Crippen LogP contribution >= 0.6 is 0 Å². The highest BCUT2D eigenvalue weighted by Crippen LogP contribution is 2.23. The Hall–Kier alpha value is -2.95. The van der Waals surface area contributed by atoms with Crippen molar-refractivity contribution < 1.29 is 4.42 Å². The molecule has 5 nitrogen and oxygen atoms in total. The highest BCUT2D eigenvalue weighted by Gasteiger charge is 2.12. The van der Waals surface area contributed by atoms with E-state index in [-0.39, 0.29) is 5.56 Å². The molecule has 4 aromatic rings. The Balaban J connectivity index is 1.75. The number of pyridine rings is 1. The molecular formula is C17H13N3O2. The van der Waals surface area contributed by atoms with Crippen LogP contribution in [0.1, 0.15) is 5.56 Å². The fraction of sp³-hybridized carbons (Fsp3) is 0.118. The predicted molar refractivity (Wildman–Crippen MR) is 83.7 cm³/mol. The minimum absolute atomic E-state index is 0.143. The molecule has 0 atom stereocenters. The van der Waals surface area contributed by atoms with Crippen molar-refractivity contribution in [3.63, 3.8) is 0 Å². The van der Waals surface area contributed by atoms with Crippen molar-refractivity contribution in [1.82, 2.24) is 14.5 Å². The SMILES string of the molecule is O=c1c2oc3ccccc3c2ncn1CCc1ccncc1. The Morgan fingerprint density at radius 2 is 1.91 bits per heavy atom. The van der Waals surface area contributed by atoms with E-state index in [1.807, 2.05) is 36.4 Å². The van der Waals surface area contributed by atoms with Crippen molar-refractivity contribution in [2.75, 3.05) is 0 Å². The van der Waals surface area contributed by atoms with Crippen molar-refractivity contribution in [2.45, 2.75) is 13.0 Å². The molecule has 0 fully saturated rings. The second-order valence-electron chi connectivity index (χ2n) is 5.12. The summed E-state index contributed by atoms with van der Waals surface area (Å²) in [6.07, 6.45) is 5.83. The van der Waals surface area contributed by atoms with Crippen LogP contribution in [0.15, 0.2) is 64.3 Å². The minimum Gasteiger partial charge on any atom is -0.448 e. The van der Waals surface area contributed by atoms with Crippen molar-refractivity contribution in [1.29, 1.82) is 0 Å². The molecule has 0 spiro atoms. The normalized spacial score (nSPS) is 11.3. The van der Waals surface area contributed by atoms with Gasteiger partial charge in [0, 0.05) is 24.3 Å². The summed E-state index contributed by atoms with van der Waals surface area (Å²) in [7, 11) is 0. The number of aromatic nitrogens is 3. The maximum atomic E-state index is 12.5.